The van der Waals surface area contributed by atoms with Crippen LogP contribution in [-0.4, -0.2) is 18.3 Å². The van der Waals surface area contributed by atoms with E-state index in [2.05, 4.69) is 34.2 Å². The molecule has 0 aliphatic heterocycles. The minimum Gasteiger partial charge on any atom is -0.457 e. The van der Waals surface area contributed by atoms with Gasteiger partial charge in [0.1, 0.15) is 11.5 Å². The van der Waals surface area contributed by atoms with Crippen molar-refractivity contribution in [1.29, 1.82) is 0 Å². The summed E-state index contributed by atoms with van der Waals surface area (Å²) in [5.41, 5.74) is 2.31. The predicted octanol–water partition coefficient (Wildman–Crippen LogP) is 3.89. The molecule has 2 aromatic carbocycles. The van der Waals surface area contributed by atoms with Crippen molar-refractivity contribution in [2.45, 2.75) is 19.9 Å². The topological polar surface area (TPSA) is 41.5 Å². The first-order valence-electron chi connectivity index (χ1n) is 7.09. The number of hydrogen-bond donors (Lipinski definition) is 2. The summed E-state index contributed by atoms with van der Waals surface area (Å²) in [6.45, 7) is 4.05. The van der Waals surface area contributed by atoms with Gasteiger partial charge in [0.05, 0.1) is 0 Å². The molecule has 3 nitrogen and oxygen atoms in total. The van der Waals surface area contributed by atoms with Crippen LogP contribution in [0.15, 0.2) is 46.9 Å². The van der Waals surface area contributed by atoms with E-state index in [1.165, 1.54) is 5.56 Å². The van der Waals surface area contributed by atoms with Crippen molar-refractivity contribution in [2.24, 2.45) is 0 Å². The van der Waals surface area contributed by atoms with E-state index in [0.717, 1.165) is 34.6 Å². The van der Waals surface area contributed by atoms with Gasteiger partial charge in [-0.15, -0.1) is 0 Å². The van der Waals surface area contributed by atoms with Crippen molar-refractivity contribution in [3.63, 3.8) is 0 Å². The summed E-state index contributed by atoms with van der Waals surface area (Å²) in [7, 11) is 0. The molecular weight excluding hydrogens is 330 g/mol. The SMILES string of the molecule is CCNCc1ccc(Oc2ccc(CCO)cc2)cc1Br. The van der Waals surface area contributed by atoms with Crippen LogP contribution in [0.2, 0.25) is 0 Å². The lowest BCUT2D eigenvalue weighted by Gasteiger charge is -2.10. The van der Waals surface area contributed by atoms with Crippen LogP contribution in [0.25, 0.3) is 0 Å². The molecule has 0 radical (unpaired) electrons. The van der Waals surface area contributed by atoms with Gasteiger partial charge in [0.25, 0.3) is 0 Å². The van der Waals surface area contributed by atoms with Crippen LogP contribution < -0.4 is 10.1 Å². The van der Waals surface area contributed by atoms with Crippen molar-refractivity contribution in [3.05, 3.63) is 58.1 Å². The minimum absolute atomic E-state index is 0.167. The number of halogens is 1. The third kappa shape index (κ3) is 4.84. The normalized spacial score (nSPS) is 10.6. The number of ether oxygens (including phenoxy) is 1. The lowest BCUT2D eigenvalue weighted by atomic mass is 10.1. The second-order valence-electron chi connectivity index (χ2n) is 4.75. The molecular formula is C17H20BrNO2. The maximum Gasteiger partial charge on any atom is 0.128 e. The van der Waals surface area contributed by atoms with E-state index in [9.17, 15) is 0 Å². The molecule has 0 aliphatic rings. The Bertz CT molecular complexity index is 570. The Kier molecular flexibility index (Phi) is 6.23. The van der Waals surface area contributed by atoms with Crippen molar-refractivity contribution >= 4 is 15.9 Å². The summed E-state index contributed by atoms with van der Waals surface area (Å²) in [6, 6.07) is 13.8. The number of aliphatic hydroxyl groups excluding tert-OH is 1. The highest BCUT2D eigenvalue weighted by Gasteiger charge is 2.03. The highest BCUT2D eigenvalue weighted by Crippen LogP contribution is 2.27. The summed E-state index contributed by atoms with van der Waals surface area (Å²) in [5.74, 6) is 1.60. The molecule has 2 aromatic rings. The first kappa shape index (κ1) is 16.0. The second kappa shape index (κ2) is 8.17. The van der Waals surface area contributed by atoms with Gasteiger partial charge in [-0.1, -0.05) is 41.1 Å². The third-order valence-corrected chi connectivity index (χ3v) is 3.89. The Labute approximate surface area is 134 Å². The molecule has 21 heavy (non-hydrogen) atoms. The van der Waals surface area contributed by atoms with Gasteiger partial charge in [0, 0.05) is 17.6 Å². The van der Waals surface area contributed by atoms with Crippen LogP contribution in [0.5, 0.6) is 11.5 Å². The second-order valence-corrected chi connectivity index (χ2v) is 5.61. The number of benzene rings is 2. The lowest BCUT2D eigenvalue weighted by molar-refractivity contribution is 0.299. The van der Waals surface area contributed by atoms with Gasteiger partial charge in [-0.05, 0) is 48.4 Å². The smallest absolute Gasteiger partial charge is 0.128 e. The number of aliphatic hydroxyl groups is 1. The van der Waals surface area contributed by atoms with Crippen LogP contribution in [0.3, 0.4) is 0 Å². The van der Waals surface area contributed by atoms with Crippen LogP contribution in [0.4, 0.5) is 0 Å². The molecule has 2 rings (SSSR count). The van der Waals surface area contributed by atoms with Gasteiger partial charge in [-0.25, -0.2) is 0 Å². The zero-order valence-electron chi connectivity index (χ0n) is 12.1. The average molecular weight is 350 g/mol. The molecule has 0 saturated heterocycles. The fraction of sp³-hybridized carbons (Fsp3) is 0.294. The van der Waals surface area contributed by atoms with Crippen LogP contribution in [0.1, 0.15) is 18.1 Å². The predicted molar refractivity (Wildman–Crippen MR) is 88.8 cm³/mol. The van der Waals surface area contributed by atoms with Crippen LogP contribution in [0, 0.1) is 0 Å². The van der Waals surface area contributed by atoms with E-state index in [1.807, 2.05) is 36.4 Å². The fourth-order valence-electron chi connectivity index (χ4n) is 1.98. The molecule has 0 spiro atoms. The van der Waals surface area contributed by atoms with Gasteiger partial charge in [-0.2, -0.15) is 0 Å². The Morgan fingerprint density at radius 3 is 2.43 bits per heavy atom. The van der Waals surface area contributed by atoms with E-state index >= 15 is 0 Å². The molecule has 0 amide bonds. The highest BCUT2D eigenvalue weighted by atomic mass is 79.9. The number of nitrogens with one attached hydrogen (secondary N) is 1. The number of rotatable bonds is 7. The quantitative estimate of drug-likeness (QED) is 0.796. The highest BCUT2D eigenvalue weighted by molar-refractivity contribution is 9.10. The molecule has 2 N–H and O–H groups in total. The van der Waals surface area contributed by atoms with E-state index in [4.69, 9.17) is 9.84 Å². The van der Waals surface area contributed by atoms with Crippen LogP contribution in [-0.2, 0) is 13.0 Å². The summed E-state index contributed by atoms with van der Waals surface area (Å²) in [5, 5.41) is 12.2. The molecule has 0 saturated carbocycles. The molecule has 0 aliphatic carbocycles. The van der Waals surface area contributed by atoms with Crippen molar-refractivity contribution in [2.75, 3.05) is 13.2 Å². The molecule has 0 unspecified atom stereocenters. The minimum atomic E-state index is 0.167. The zero-order chi connectivity index (χ0) is 15.1. The third-order valence-electron chi connectivity index (χ3n) is 3.15. The maximum atomic E-state index is 8.90. The summed E-state index contributed by atoms with van der Waals surface area (Å²) in [6.07, 6.45) is 0.672. The largest absolute Gasteiger partial charge is 0.457 e. The fourth-order valence-corrected chi connectivity index (χ4v) is 2.48. The first-order chi connectivity index (χ1) is 10.2. The Hall–Kier alpha value is -1.36. The summed E-state index contributed by atoms with van der Waals surface area (Å²) < 4.78 is 6.88. The Morgan fingerprint density at radius 2 is 1.81 bits per heavy atom. The molecule has 4 heteroatoms. The molecule has 0 fully saturated rings. The average Bonchev–Trinajstić information content (AvgIpc) is 2.49. The molecule has 0 bridgehead atoms. The summed E-state index contributed by atoms with van der Waals surface area (Å²) in [4.78, 5) is 0. The monoisotopic (exact) mass is 349 g/mol. The lowest BCUT2D eigenvalue weighted by Crippen LogP contribution is -2.11. The van der Waals surface area contributed by atoms with Crippen molar-refractivity contribution in [3.8, 4) is 11.5 Å². The van der Waals surface area contributed by atoms with Gasteiger partial charge < -0.3 is 15.2 Å². The van der Waals surface area contributed by atoms with Gasteiger partial charge in [0.15, 0.2) is 0 Å². The van der Waals surface area contributed by atoms with Gasteiger partial charge in [0.2, 0.25) is 0 Å². The molecule has 0 heterocycles. The molecule has 0 atom stereocenters. The van der Waals surface area contributed by atoms with E-state index in [1.54, 1.807) is 0 Å². The maximum absolute atomic E-state index is 8.90. The Balaban J connectivity index is 2.03. The van der Waals surface area contributed by atoms with E-state index < -0.39 is 0 Å². The number of hydrogen-bond acceptors (Lipinski definition) is 3. The van der Waals surface area contributed by atoms with Gasteiger partial charge in [-0.3, -0.25) is 0 Å². The molecule has 112 valence electrons. The van der Waals surface area contributed by atoms with E-state index in [-0.39, 0.29) is 6.61 Å². The van der Waals surface area contributed by atoms with Crippen molar-refractivity contribution < 1.29 is 9.84 Å². The molecule has 0 aromatic heterocycles. The van der Waals surface area contributed by atoms with Crippen LogP contribution >= 0.6 is 15.9 Å². The standard InChI is InChI=1S/C17H20BrNO2/c1-2-19-12-14-5-8-16(11-17(14)18)21-15-6-3-13(4-7-15)9-10-20/h3-8,11,19-20H,2,9-10,12H2,1H3. The Morgan fingerprint density at radius 1 is 1.10 bits per heavy atom. The zero-order valence-corrected chi connectivity index (χ0v) is 13.7. The summed E-state index contributed by atoms with van der Waals surface area (Å²) >= 11 is 3.58. The first-order valence-corrected chi connectivity index (χ1v) is 7.89. The van der Waals surface area contributed by atoms with Gasteiger partial charge >= 0.3 is 0 Å². The van der Waals surface area contributed by atoms with Crippen molar-refractivity contribution in [1.82, 2.24) is 5.32 Å². The van der Waals surface area contributed by atoms with E-state index in [0.29, 0.717) is 6.42 Å².